The lowest BCUT2D eigenvalue weighted by molar-refractivity contribution is 0.0899. The molecule has 0 aromatic carbocycles. The minimum Gasteiger partial charge on any atom is -0.374 e. The zero-order chi connectivity index (χ0) is 10.3. The molecule has 0 aliphatic heterocycles. The van der Waals surface area contributed by atoms with Gasteiger partial charge >= 0.3 is 0 Å². The lowest BCUT2D eigenvalue weighted by atomic mass is 10.2. The van der Waals surface area contributed by atoms with Gasteiger partial charge in [-0.25, -0.2) is 0 Å². The summed E-state index contributed by atoms with van der Waals surface area (Å²) < 4.78 is 5.54. The Bertz CT molecular complexity index is 181. The summed E-state index contributed by atoms with van der Waals surface area (Å²) in [6.07, 6.45) is 4.17. The normalized spacial score (nSPS) is 14.3. The number of ether oxygens (including phenoxy) is 1. The SMILES string of the molecule is C=C(C=C(C)Cl)C(C)OCCCC. The molecule has 0 fully saturated rings. The Morgan fingerprint density at radius 1 is 1.62 bits per heavy atom. The molecule has 0 N–H and O–H groups in total. The third-order valence-corrected chi connectivity index (χ3v) is 1.88. The number of unbranched alkanes of at least 4 members (excludes halogenated alkanes) is 1. The van der Waals surface area contributed by atoms with Crippen molar-refractivity contribution in [2.75, 3.05) is 6.61 Å². The van der Waals surface area contributed by atoms with Gasteiger partial charge in [0.15, 0.2) is 0 Å². The van der Waals surface area contributed by atoms with Gasteiger partial charge in [0, 0.05) is 11.6 Å². The fourth-order valence-electron chi connectivity index (χ4n) is 0.884. The molecular formula is C11H19ClO. The Hall–Kier alpha value is -0.270. The summed E-state index contributed by atoms with van der Waals surface area (Å²) in [5.74, 6) is 0. The lowest BCUT2D eigenvalue weighted by Gasteiger charge is -2.12. The third kappa shape index (κ3) is 6.85. The molecule has 0 saturated heterocycles. The minimum absolute atomic E-state index is 0.0697. The molecule has 1 atom stereocenters. The first-order chi connectivity index (χ1) is 6.07. The van der Waals surface area contributed by atoms with Crippen molar-refractivity contribution >= 4 is 11.6 Å². The molecule has 13 heavy (non-hydrogen) atoms. The molecule has 0 aromatic rings. The highest BCUT2D eigenvalue weighted by atomic mass is 35.5. The van der Waals surface area contributed by atoms with Crippen LogP contribution in [0.1, 0.15) is 33.6 Å². The molecular weight excluding hydrogens is 184 g/mol. The Morgan fingerprint density at radius 3 is 2.69 bits per heavy atom. The van der Waals surface area contributed by atoms with Crippen LogP contribution >= 0.6 is 11.6 Å². The second-order valence-corrected chi connectivity index (χ2v) is 3.77. The minimum atomic E-state index is 0.0697. The quantitative estimate of drug-likeness (QED) is 0.469. The zero-order valence-corrected chi connectivity index (χ0v) is 9.53. The highest BCUT2D eigenvalue weighted by Gasteiger charge is 2.03. The van der Waals surface area contributed by atoms with Crippen LogP contribution in [-0.2, 0) is 4.74 Å². The van der Waals surface area contributed by atoms with Crippen LogP contribution in [-0.4, -0.2) is 12.7 Å². The van der Waals surface area contributed by atoms with Gasteiger partial charge in [-0.15, -0.1) is 0 Å². The molecule has 0 bridgehead atoms. The van der Waals surface area contributed by atoms with Gasteiger partial charge in [-0.05, 0) is 31.9 Å². The van der Waals surface area contributed by atoms with E-state index in [0.29, 0.717) is 0 Å². The Labute approximate surface area is 86.4 Å². The molecule has 0 aliphatic rings. The van der Waals surface area contributed by atoms with Gasteiger partial charge in [0.25, 0.3) is 0 Å². The Balaban J connectivity index is 3.76. The average Bonchev–Trinajstić information content (AvgIpc) is 2.03. The van der Waals surface area contributed by atoms with Crippen molar-refractivity contribution in [2.24, 2.45) is 0 Å². The molecule has 1 nitrogen and oxygen atoms in total. The standard InChI is InChI=1S/C11H19ClO/c1-5-6-7-13-11(4)9(2)8-10(3)12/h8,11H,2,5-7H2,1,3-4H3. The predicted molar refractivity (Wildman–Crippen MR) is 59.1 cm³/mol. The van der Waals surface area contributed by atoms with Crippen molar-refractivity contribution in [3.8, 4) is 0 Å². The summed E-state index contributed by atoms with van der Waals surface area (Å²) in [5.41, 5.74) is 0.934. The maximum absolute atomic E-state index is 5.72. The van der Waals surface area contributed by atoms with Crippen LogP contribution in [0.2, 0.25) is 0 Å². The van der Waals surface area contributed by atoms with Crippen LogP contribution in [0, 0.1) is 0 Å². The fraction of sp³-hybridized carbons (Fsp3) is 0.636. The summed E-state index contributed by atoms with van der Waals surface area (Å²) in [6.45, 7) is 10.7. The molecule has 0 aromatic heterocycles. The summed E-state index contributed by atoms with van der Waals surface area (Å²) in [5, 5.41) is 0.746. The number of allylic oxidation sites excluding steroid dienone is 1. The molecule has 0 heterocycles. The van der Waals surface area contributed by atoms with Gasteiger partial charge in [-0.3, -0.25) is 0 Å². The van der Waals surface area contributed by atoms with E-state index in [0.717, 1.165) is 30.1 Å². The van der Waals surface area contributed by atoms with Gasteiger partial charge in [-0.2, -0.15) is 0 Å². The smallest absolute Gasteiger partial charge is 0.0791 e. The molecule has 0 saturated carbocycles. The van der Waals surface area contributed by atoms with E-state index in [2.05, 4.69) is 13.5 Å². The fourth-order valence-corrected chi connectivity index (χ4v) is 1.02. The van der Waals surface area contributed by atoms with Crippen molar-refractivity contribution in [3.05, 3.63) is 23.3 Å². The molecule has 0 radical (unpaired) electrons. The monoisotopic (exact) mass is 202 g/mol. The predicted octanol–water partition coefficient (Wildman–Crippen LogP) is 3.89. The van der Waals surface area contributed by atoms with E-state index in [4.69, 9.17) is 16.3 Å². The lowest BCUT2D eigenvalue weighted by Crippen LogP contribution is -2.10. The summed E-state index contributed by atoms with van der Waals surface area (Å²) in [4.78, 5) is 0. The van der Waals surface area contributed by atoms with Crippen LogP contribution in [0.5, 0.6) is 0 Å². The first-order valence-electron chi connectivity index (χ1n) is 4.72. The molecule has 0 aliphatic carbocycles. The van der Waals surface area contributed by atoms with E-state index >= 15 is 0 Å². The Kier molecular flexibility index (Phi) is 7.02. The van der Waals surface area contributed by atoms with Gasteiger partial charge < -0.3 is 4.74 Å². The zero-order valence-electron chi connectivity index (χ0n) is 8.77. The second-order valence-electron chi connectivity index (χ2n) is 3.17. The number of halogens is 1. The second kappa shape index (κ2) is 7.16. The van der Waals surface area contributed by atoms with Crippen LogP contribution in [0.3, 0.4) is 0 Å². The summed E-state index contributed by atoms with van der Waals surface area (Å²) in [6, 6.07) is 0. The molecule has 0 spiro atoms. The van der Waals surface area contributed by atoms with E-state index in [-0.39, 0.29) is 6.10 Å². The van der Waals surface area contributed by atoms with Crippen LogP contribution in [0.4, 0.5) is 0 Å². The van der Waals surface area contributed by atoms with Gasteiger partial charge in [0.1, 0.15) is 0 Å². The number of hydrogen-bond donors (Lipinski definition) is 0. The van der Waals surface area contributed by atoms with Gasteiger partial charge in [-0.1, -0.05) is 31.5 Å². The van der Waals surface area contributed by atoms with Gasteiger partial charge in [0.05, 0.1) is 6.10 Å². The molecule has 1 unspecified atom stereocenters. The van der Waals surface area contributed by atoms with Crippen molar-refractivity contribution in [1.82, 2.24) is 0 Å². The molecule has 0 rings (SSSR count). The van der Waals surface area contributed by atoms with Gasteiger partial charge in [0.2, 0.25) is 0 Å². The largest absolute Gasteiger partial charge is 0.374 e. The van der Waals surface area contributed by atoms with E-state index in [9.17, 15) is 0 Å². The number of hydrogen-bond acceptors (Lipinski definition) is 1. The van der Waals surface area contributed by atoms with E-state index in [1.54, 1.807) is 0 Å². The highest BCUT2D eigenvalue weighted by Crippen LogP contribution is 2.11. The van der Waals surface area contributed by atoms with Crippen molar-refractivity contribution in [1.29, 1.82) is 0 Å². The maximum Gasteiger partial charge on any atom is 0.0791 e. The molecule has 2 heteroatoms. The topological polar surface area (TPSA) is 9.23 Å². The van der Waals surface area contributed by atoms with Crippen LogP contribution in [0.25, 0.3) is 0 Å². The molecule has 76 valence electrons. The van der Waals surface area contributed by atoms with Crippen LogP contribution in [0.15, 0.2) is 23.3 Å². The van der Waals surface area contributed by atoms with E-state index < -0.39 is 0 Å². The van der Waals surface area contributed by atoms with Crippen molar-refractivity contribution < 1.29 is 4.74 Å². The maximum atomic E-state index is 5.72. The third-order valence-electron chi connectivity index (χ3n) is 1.77. The summed E-state index contributed by atoms with van der Waals surface area (Å²) in [7, 11) is 0. The van der Waals surface area contributed by atoms with E-state index in [1.165, 1.54) is 0 Å². The summed E-state index contributed by atoms with van der Waals surface area (Å²) >= 11 is 5.72. The van der Waals surface area contributed by atoms with Crippen LogP contribution < -0.4 is 0 Å². The average molecular weight is 203 g/mol. The number of rotatable bonds is 6. The molecule has 0 amide bonds. The van der Waals surface area contributed by atoms with E-state index in [1.807, 2.05) is 19.9 Å². The van der Waals surface area contributed by atoms with Crippen molar-refractivity contribution in [3.63, 3.8) is 0 Å². The highest BCUT2D eigenvalue weighted by molar-refractivity contribution is 6.29. The van der Waals surface area contributed by atoms with Crippen molar-refractivity contribution in [2.45, 2.75) is 39.7 Å². The first-order valence-corrected chi connectivity index (χ1v) is 5.10. The first kappa shape index (κ1) is 12.7. The Morgan fingerprint density at radius 2 is 2.23 bits per heavy atom.